The van der Waals surface area contributed by atoms with Crippen molar-refractivity contribution >= 4 is 17.2 Å². The first-order valence-corrected chi connectivity index (χ1v) is 8.19. The van der Waals surface area contributed by atoms with Crippen LogP contribution in [0.5, 0.6) is 0 Å². The molecule has 0 spiro atoms. The number of aromatic amines is 1. The normalized spacial score (nSPS) is 11.7. The molecular formula is C16H23N3OS. The van der Waals surface area contributed by atoms with Crippen LogP contribution < -0.4 is 0 Å². The molecule has 0 aliphatic carbocycles. The molecule has 4 nitrogen and oxygen atoms in total. The van der Waals surface area contributed by atoms with Gasteiger partial charge in [0.25, 0.3) is 5.91 Å². The molecule has 114 valence electrons. The third kappa shape index (κ3) is 3.18. The topological polar surface area (TPSA) is 49.0 Å². The van der Waals surface area contributed by atoms with E-state index in [2.05, 4.69) is 30.7 Å². The summed E-state index contributed by atoms with van der Waals surface area (Å²) < 4.78 is 0. The lowest BCUT2D eigenvalue weighted by atomic mass is 9.96. The number of carbonyl (C=O) groups excluding carboxylic acids is 1. The maximum Gasteiger partial charge on any atom is 0.264 e. The van der Waals surface area contributed by atoms with E-state index in [1.807, 2.05) is 36.4 Å². The molecule has 2 heterocycles. The fourth-order valence-electron chi connectivity index (χ4n) is 2.18. The minimum Gasteiger partial charge on any atom is -0.342 e. The Balaban J connectivity index is 2.37. The summed E-state index contributed by atoms with van der Waals surface area (Å²) in [4.78, 5) is 23.0. The van der Waals surface area contributed by atoms with Gasteiger partial charge in [0.2, 0.25) is 0 Å². The Morgan fingerprint density at radius 2 is 2.00 bits per heavy atom. The van der Waals surface area contributed by atoms with E-state index in [4.69, 9.17) is 0 Å². The fraction of sp³-hybridized carbons (Fsp3) is 0.500. The first-order chi connectivity index (χ1) is 9.88. The number of rotatable bonds is 4. The number of amides is 1. The summed E-state index contributed by atoms with van der Waals surface area (Å²) in [6, 6.07) is 1.99. The van der Waals surface area contributed by atoms with Crippen LogP contribution in [-0.4, -0.2) is 33.9 Å². The number of carbonyl (C=O) groups is 1. The molecule has 5 heteroatoms. The summed E-state index contributed by atoms with van der Waals surface area (Å²) in [5, 5.41) is 1.96. The summed E-state index contributed by atoms with van der Waals surface area (Å²) in [7, 11) is 0. The summed E-state index contributed by atoms with van der Waals surface area (Å²) >= 11 is 1.49. The first kappa shape index (κ1) is 15.8. The van der Waals surface area contributed by atoms with E-state index in [9.17, 15) is 4.79 Å². The summed E-state index contributed by atoms with van der Waals surface area (Å²) in [6.45, 7) is 11.8. The third-order valence-corrected chi connectivity index (χ3v) is 4.39. The molecule has 0 fully saturated rings. The van der Waals surface area contributed by atoms with Crippen LogP contribution in [0.25, 0.3) is 11.3 Å². The second-order valence-electron chi connectivity index (χ2n) is 6.04. The molecule has 1 amide bonds. The SMILES string of the molecule is CCN(CC)C(=O)c1sccc1-c1cnc(C(C)(C)C)[nH]1. The maximum atomic E-state index is 12.6. The Kier molecular flexibility index (Phi) is 4.52. The van der Waals surface area contributed by atoms with E-state index in [0.717, 1.165) is 35.0 Å². The zero-order valence-corrected chi connectivity index (χ0v) is 14.2. The molecule has 0 radical (unpaired) electrons. The lowest BCUT2D eigenvalue weighted by Crippen LogP contribution is -2.30. The van der Waals surface area contributed by atoms with Crippen LogP contribution in [0.15, 0.2) is 17.6 Å². The van der Waals surface area contributed by atoms with Gasteiger partial charge in [-0.25, -0.2) is 4.98 Å². The van der Waals surface area contributed by atoms with Crippen LogP contribution in [0.2, 0.25) is 0 Å². The number of thiophene rings is 1. The highest BCUT2D eigenvalue weighted by atomic mass is 32.1. The van der Waals surface area contributed by atoms with Crippen molar-refractivity contribution < 1.29 is 4.79 Å². The van der Waals surface area contributed by atoms with Crippen LogP contribution in [0.4, 0.5) is 0 Å². The van der Waals surface area contributed by atoms with Crippen LogP contribution in [-0.2, 0) is 5.41 Å². The van der Waals surface area contributed by atoms with Gasteiger partial charge in [0.1, 0.15) is 10.7 Å². The Morgan fingerprint density at radius 1 is 1.33 bits per heavy atom. The lowest BCUT2D eigenvalue weighted by molar-refractivity contribution is 0.0778. The van der Waals surface area contributed by atoms with Gasteiger partial charge >= 0.3 is 0 Å². The van der Waals surface area contributed by atoms with Crippen molar-refractivity contribution in [1.29, 1.82) is 0 Å². The van der Waals surface area contributed by atoms with Crippen molar-refractivity contribution in [2.45, 2.75) is 40.0 Å². The second-order valence-corrected chi connectivity index (χ2v) is 6.95. The summed E-state index contributed by atoms with van der Waals surface area (Å²) in [5.74, 6) is 1.03. The number of hydrogen-bond acceptors (Lipinski definition) is 3. The molecule has 0 aliphatic heterocycles. The van der Waals surface area contributed by atoms with Crippen LogP contribution in [0.3, 0.4) is 0 Å². The first-order valence-electron chi connectivity index (χ1n) is 7.31. The van der Waals surface area contributed by atoms with Gasteiger partial charge in [0.15, 0.2) is 0 Å². The van der Waals surface area contributed by atoms with E-state index in [0.29, 0.717) is 0 Å². The number of H-pyrrole nitrogens is 1. The van der Waals surface area contributed by atoms with Gasteiger partial charge in [-0.15, -0.1) is 11.3 Å². The van der Waals surface area contributed by atoms with Crippen molar-refractivity contribution in [3.05, 3.63) is 28.3 Å². The van der Waals surface area contributed by atoms with E-state index >= 15 is 0 Å². The van der Waals surface area contributed by atoms with Crippen LogP contribution in [0.1, 0.15) is 50.1 Å². The van der Waals surface area contributed by atoms with Gasteiger partial charge in [0.05, 0.1) is 11.9 Å². The molecule has 0 aromatic carbocycles. The highest BCUT2D eigenvalue weighted by Gasteiger charge is 2.22. The van der Waals surface area contributed by atoms with Crippen molar-refractivity contribution in [1.82, 2.24) is 14.9 Å². The molecule has 0 saturated heterocycles. The number of imidazole rings is 1. The fourth-order valence-corrected chi connectivity index (χ4v) is 3.06. The van der Waals surface area contributed by atoms with Crippen molar-refractivity contribution in [3.8, 4) is 11.3 Å². The van der Waals surface area contributed by atoms with Gasteiger partial charge in [-0.05, 0) is 25.3 Å². The van der Waals surface area contributed by atoms with Crippen molar-refractivity contribution in [2.75, 3.05) is 13.1 Å². The largest absolute Gasteiger partial charge is 0.342 e. The molecule has 0 aliphatic rings. The summed E-state index contributed by atoms with van der Waals surface area (Å²) in [6.07, 6.45) is 1.82. The minimum atomic E-state index is -0.0304. The molecule has 0 bridgehead atoms. The lowest BCUT2D eigenvalue weighted by Gasteiger charge is -2.18. The van der Waals surface area contributed by atoms with Crippen molar-refractivity contribution in [3.63, 3.8) is 0 Å². The van der Waals surface area contributed by atoms with Gasteiger partial charge < -0.3 is 9.88 Å². The van der Waals surface area contributed by atoms with Crippen LogP contribution >= 0.6 is 11.3 Å². The predicted octanol–water partition coefficient (Wildman–Crippen LogP) is 3.92. The monoisotopic (exact) mass is 305 g/mol. The molecule has 0 unspecified atom stereocenters. The van der Waals surface area contributed by atoms with E-state index in [1.165, 1.54) is 11.3 Å². The Hall–Kier alpha value is -1.62. The summed E-state index contributed by atoms with van der Waals surface area (Å²) in [5.41, 5.74) is 1.83. The standard InChI is InChI=1S/C16H23N3OS/c1-6-19(7-2)14(20)13-11(8-9-21-13)12-10-17-15(18-12)16(3,4)5/h8-10H,6-7H2,1-5H3,(H,17,18). The Bertz CT molecular complexity index is 618. The predicted molar refractivity (Wildman–Crippen MR) is 87.9 cm³/mol. The molecule has 0 saturated carbocycles. The molecular weight excluding hydrogens is 282 g/mol. The highest BCUT2D eigenvalue weighted by Crippen LogP contribution is 2.30. The Labute approximate surface area is 130 Å². The van der Waals surface area contributed by atoms with Gasteiger partial charge in [0, 0.05) is 24.1 Å². The molecule has 0 atom stereocenters. The van der Waals surface area contributed by atoms with Crippen LogP contribution in [0, 0.1) is 0 Å². The third-order valence-electron chi connectivity index (χ3n) is 3.49. The minimum absolute atomic E-state index is 0.0304. The molecule has 2 aromatic heterocycles. The van der Waals surface area contributed by atoms with Gasteiger partial charge in [-0.3, -0.25) is 4.79 Å². The van der Waals surface area contributed by atoms with E-state index in [-0.39, 0.29) is 11.3 Å². The molecule has 21 heavy (non-hydrogen) atoms. The van der Waals surface area contributed by atoms with Crippen molar-refractivity contribution in [2.24, 2.45) is 0 Å². The van der Waals surface area contributed by atoms with Gasteiger partial charge in [-0.1, -0.05) is 20.8 Å². The average Bonchev–Trinajstić information content (AvgIpc) is 3.07. The second kappa shape index (κ2) is 6.02. The Morgan fingerprint density at radius 3 is 2.52 bits per heavy atom. The zero-order valence-electron chi connectivity index (χ0n) is 13.4. The van der Waals surface area contributed by atoms with E-state index < -0.39 is 0 Å². The number of nitrogens with one attached hydrogen (secondary N) is 1. The molecule has 2 rings (SSSR count). The number of hydrogen-bond donors (Lipinski definition) is 1. The average molecular weight is 305 g/mol. The van der Waals surface area contributed by atoms with E-state index in [1.54, 1.807) is 0 Å². The maximum absolute atomic E-state index is 12.6. The van der Waals surface area contributed by atoms with Gasteiger partial charge in [-0.2, -0.15) is 0 Å². The smallest absolute Gasteiger partial charge is 0.264 e. The highest BCUT2D eigenvalue weighted by molar-refractivity contribution is 7.12. The quantitative estimate of drug-likeness (QED) is 0.930. The molecule has 1 N–H and O–H groups in total. The molecule has 2 aromatic rings. The number of nitrogens with zero attached hydrogens (tertiary/aromatic N) is 2. The zero-order chi connectivity index (χ0) is 15.6. The number of aromatic nitrogens is 2.